The Balaban J connectivity index is 1.61. The number of fused-ring (bicyclic) bond motifs is 1. The first-order valence-electron chi connectivity index (χ1n) is 11.5. The molecule has 1 aliphatic heterocycles. The molecule has 1 aromatic heterocycles. The fourth-order valence-electron chi connectivity index (χ4n) is 4.99. The van der Waals surface area contributed by atoms with Crippen molar-refractivity contribution in [3.05, 3.63) is 35.3 Å². The molecule has 2 heterocycles. The molecule has 1 aromatic carbocycles. The van der Waals surface area contributed by atoms with Gasteiger partial charge in [0.05, 0.1) is 28.8 Å². The molecule has 4 rings (SSSR count). The molecule has 1 atom stereocenters. The van der Waals surface area contributed by atoms with Crippen LogP contribution in [0.1, 0.15) is 58.3 Å². The van der Waals surface area contributed by atoms with E-state index in [1.54, 1.807) is 12.1 Å². The summed E-state index contributed by atoms with van der Waals surface area (Å²) < 4.78 is 42.0. The SMILES string of the molecule is CC(C)Oc1ccc(F)c(-c2nn(C(C)C)c3c2CCC(C(=O)NC2(C)CS(O)(O)C2)C3)c1. The Kier molecular flexibility index (Phi) is 6.26. The van der Waals surface area contributed by atoms with Gasteiger partial charge in [-0.05, 0) is 65.7 Å². The zero-order chi connectivity index (χ0) is 24.1. The molecule has 1 aliphatic carbocycles. The lowest BCUT2D eigenvalue weighted by Crippen LogP contribution is -2.62. The normalized spacial score (nSPS) is 21.9. The fraction of sp³-hybridized carbons (Fsp3) is 0.583. The Hall–Kier alpha value is -2.10. The predicted molar refractivity (Wildman–Crippen MR) is 128 cm³/mol. The van der Waals surface area contributed by atoms with E-state index in [9.17, 15) is 18.3 Å². The molecule has 3 N–H and O–H groups in total. The molecule has 7 nitrogen and oxygen atoms in total. The van der Waals surface area contributed by atoms with Crippen LogP contribution in [0.25, 0.3) is 11.3 Å². The van der Waals surface area contributed by atoms with Gasteiger partial charge in [-0.3, -0.25) is 18.6 Å². The van der Waals surface area contributed by atoms with Gasteiger partial charge in [0, 0.05) is 35.2 Å². The highest BCUT2D eigenvalue weighted by molar-refractivity contribution is 8.25. The summed E-state index contributed by atoms with van der Waals surface area (Å²) in [6, 6.07) is 4.80. The number of hydrogen-bond donors (Lipinski definition) is 3. The van der Waals surface area contributed by atoms with Crippen molar-refractivity contribution >= 4 is 16.5 Å². The molecule has 0 spiro atoms. The van der Waals surface area contributed by atoms with E-state index < -0.39 is 16.1 Å². The number of carbonyl (C=O) groups is 1. The molecule has 0 radical (unpaired) electrons. The number of hydrogen-bond acceptors (Lipinski definition) is 5. The summed E-state index contributed by atoms with van der Waals surface area (Å²) in [6.45, 7) is 9.75. The van der Waals surface area contributed by atoms with Crippen LogP contribution in [0, 0.1) is 11.7 Å². The largest absolute Gasteiger partial charge is 0.491 e. The highest BCUT2D eigenvalue weighted by Crippen LogP contribution is 2.54. The van der Waals surface area contributed by atoms with Gasteiger partial charge in [0.15, 0.2) is 0 Å². The van der Waals surface area contributed by atoms with Crippen molar-refractivity contribution < 1.29 is 23.0 Å². The number of carbonyl (C=O) groups excluding carboxylic acids is 1. The Bertz CT molecular complexity index is 1060. The third-order valence-electron chi connectivity index (χ3n) is 6.25. The number of amides is 1. The number of rotatable bonds is 6. The van der Waals surface area contributed by atoms with Crippen molar-refractivity contribution in [2.24, 2.45) is 5.92 Å². The van der Waals surface area contributed by atoms with Crippen molar-refractivity contribution in [1.82, 2.24) is 15.1 Å². The smallest absolute Gasteiger partial charge is 0.224 e. The summed E-state index contributed by atoms with van der Waals surface area (Å²) in [6.07, 6.45) is 1.75. The topological polar surface area (TPSA) is 96.6 Å². The third-order valence-corrected chi connectivity index (χ3v) is 8.45. The van der Waals surface area contributed by atoms with Crippen LogP contribution in [-0.4, -0.2) is 47.9 Å². The lowest BCUT2D eigenvalue weighted by molar-refractivity contribution is -0.126. The van der Waals surface area contributed by atoms with Crippen molar-refractivity contribution in [2.45, 2.75) is 71.6 Å². The molecular weight excluding hydrogens is 445 g/mol. The van der Waals surface area contributed by atoms with E-state index in [-0.39, 0.29) is 41.3 Å². The van der Waals surface area contributed by atoms with Gasteiger partial charge >= 0.3 is 0 Å². The third kappa shape index (κ3) is 4.90. The van der Waals surface area contributed by atoms with Crippen LogP contribution in [0.2, 0.25) is 0 Å². The maximum absolute atomic E-state index is 14.9. The van der Waals surface area contributed by atoms with E-state index in [0.717, 1.165) is 11.3 Å². The highest BCUT2D eigenvalue weighted by atomic mass is 32.3. The Morgan fingerprint density at radius 1 is 1.30 bits per heavy atom. The molecular formula is C24H34FN3O4S. The van der Waals surface area contributed by atoms with E-state index in [1.165, 1.54) is 6.07 Å². The molecule has 0 bridgehead atoms. The maximum atomic E-state index is 14.9. The van der Waals surface area contributed by atoms with Gasteiger partial charge in [-0.25, -0.2) is 4.39 Å². The minimum atomic E-state index is -2.55. The van der Waals surface area contributed by atoms with Gasteiger partial charge in [0.25, 0.3) is 0 Å². The molecule has 2 aliphatic rings. The van der Waals surface area contributed by atoms with Gasteiger partial charge in [0.1, 0.15) is 11.6 Å². The average Bonchev–Trinajstić information content (AvgIpc) is 3.06. The first-order chi connectivity index (χ1) is 15.4. The zero-order valence-corrected chi connectivity index (χ0v) is 20.7. The van der Waals surface area contributed by atoms with Crippen LogP contribution in [0.5, 0.6) is 5.75 Å². The van der Waals surface area contributed by atoms with Gasteiger partial charge in [0.2, 0.25) is 5.91 Å². The van der Waals surface area contributed by atoms with Crippen molar-refractivity contribution in [3.8, 4) is 17.0 Å². The lowest BCUT2D eigenvalue weighted by atomic mass is 9.84. The minimum absolute atomic E-state index is 0.0225. The zero-order valence-electron chi connectivity index (χ0n) is 19.9. The molecule has 1 saturated heterocycles. The number of ether oxygens (including phenoxy) is 1. The van der Waals surface area contributed by atoms with Gasteiger partial charge in [-0.1, -0.05) is 0 Å². The van der Waals surface area contributed by atoms with Crippen LogP contribution in [0.3, 0.4) is 0 Å². The summed E-state index contributed by atoms with van der Waals surface area (Å²) in [5, 5.41) is 7.81. The molecule has 1 fully saturated rings. The summed E-state index contributed by atoms with van der Waals surface area (Å²) in [7, 11) is -2.55. The first kappa shape index (κ1) is 24.0. The summed E-state index contributed by atoms with van der Waals surface area (Å²) >= 11 is 0. The number of halogens is 1. The summed E-state index contributed by atoms with van der Waals surface area (Å²) in [5.74, 6) is 0.340. The molecule has 2 aromatic rings. The van der Waals surface area contributed by atoms with Crippen LogP contribution < -0.4 is 10.1 Å². The second-order valence-electron chi connectivity index (χ2n) is 10.2. The van der Waals surface area contributed by atoms with E-state index in [0.29, 0.717) is 36.3 Å². The second kappa shape index (κ2) is 8.60. The second-order valence-corrected chi connectivity index (χ2v) is 12.4. The number of nitrogens with one attached hydrogen (secondary N) is 1. The molecule has 182 valence electrons. The van der Waals surface area contributed by atoms with E-state index in [1.807, 2.05) is 39.3 Å². The Morgan fingerprint density at radius 3 is 2.61 bits per heavy atom. The van der Waals surface area contributed by atoms with Crippen LogP contribution in [0.4, 0.5) is 4.39 Å². The lowest BCUT2D eigenvalue weighted by Gasteiger charge is -2.54. The minimum Gasteiger partial charge on any atom is -0.491 e. The van der Waals surface area contributed by atoms with E-state index in [4.69, 9.17) is 9.84 Å². The standard InChI is InChI=1S/C24H34FN3O4S/c1-14(2)28-21-10-16(23(29)26-24(5)12-33(30,31)13-24)6-8-18(21)22(27-28)19-11-17(32-15(3)4)7-9-20(19)25/h7,9,11,14-16,30-31H,6,8,10,12-13H2,1-5H3,(H,26,29). The fourth-order valence-corrected chi connectivity index (χ4v) is 7.09. The average molecular weight is 480 g/mol. The van der Waals surface area contributed by atoms with Gasteiger partial charge in [-0.2, -0.15) is 15.7 Å². The monoisotopic (exact) mass is 479 g/mol. The molecule has 1 unspecified atom stereocenters. The van der Waals surface area contributed by atoms with Gasteiger partial charge < -0.3 is 10.1 Å². The van der Waals surface area contributed by atoms with Crippen molar-refractivity contribution in [1.29, 1.82) is 0 Å². The van der Waals surface area contributed by atoms with Crippen LogP contribution in [-0.2, 0) is 17.6 Å². The Morgan fingerprint density at radius 2 is 2.00 bits per heavy atom. The number of benzene rings is 1. The molecule has 1 amide bonds. The van der Waals surface area contributed by atoms with Crippen molar-refractivity contribution in [2.75, 3.05) is 11.5 Å². The highest BCUT2D eigenvalue weighted by Gasteiger charge is 2.46. The molecule has 33 heavy (non-hydrogen) atoms. The van der Waals surface area contributed by atoms with E-state index in [2.05, 4.69) is 5.32 Å². The number of aromatic nitrogens is 2. The molecule has 9 heteroatoms. The predicted octanol–water partition coefficient (Wildman–Crippen LogP) is 4.80. The quantitative estimate of drug-likeness (QED) is 0.553. The summed E-state index contributed by atoms with van der Waals surface area (Å²) in [4.78, 5) is 13.0. The van der Waals surface area contributed by atoms with Crippen LogP contribution in [0.15, 0.2) is 18.2 Å². The number of nitrogens with zero attached hydrogens (tertiary/aromatic N) is 2. The van der Waals surface area contributed by atoms with E-state index >= 15 is 0 Å². The summed E-state index contributed by atoms with van der Waals surface area (Å²) in [5.41, 5.74) is 2.41. The first-order valence-corrected chi connectivity index (χ1v) is 13.4. The van der Waals surface area contributed by atoms with Crippen LogP contribution >= 0.6 is 10.6 Å². The maximum Gasteiger partial charge on any atom is 0.224 e. The van der Waals surface area contributed by atoms with Gasteiger partial charge in [-0.15, -0.1) is 0 Å². The van der Waals surface area contributed by atoms with Crippen molar-refractivity contribution in [3.63, 3.8) is 0 Å². The molecule has 0 saturated carbocycles. The Labute approximate surface area is 196 Å².